The van der Waals surface area contributed by atoms with Gasteiger partial charge in [-0.2, -0.15) is 0 Å². The smallest absolute Gasteiger partial charge is 0.207 e. The Morgan fingerprint density at radius 3 is 2.60 bits per heavy atom. The van der Waals surface area contributed by atoms with E-state index in [2.05, 4.69) is 26.1 Å². The summed E-state index contributed by atoms with van der Waals surface area (Å²) < 4.78 is 0. The second-order valence-electron chi connectivity index (χ2n) is 9.81. The minimum absolute atomic E-state index is 0.0817. The quantitative estimate of drug-likeness (QED) is 0.782. The van der Waals surface area contributed by atoms with E-state index in [1.807, 2.05) is 0 Å². The summed E-state index contributed by atoms with van der Waals surface area (Å²) in [6, 6.07) is 0.0817. The van der Waals surface area contributed by atoms with Crippen LogP contribution in [0.25, 0.3) is 0 Å². The van der Waals surface area contributed by atoms with Crippen LogP contribution in [0.2, 0.25) is 0 Å². The van der Waals surface area contributed by atoms with Crippen molar-refractivity contribution in [1.82, 2.24) is 5.32 Å². The fourth-order valence-corrected chi connectivity index (χ4v) is 7.54. The van der Waals surface area contributed by atoms with Gasteiger partial charge in [-0.1, -0.05) is 20.8 Å². The molecule has 25 heavy (non-hydrogen) atoms. The molecule has 0 heterocycles. The summed E-state index contributed by atoms with van der Waals surface area (Å²) in [4.78, 5) is 36.2. The Balaban J connectivity index is 1.72. The van der Waals surface area contributed by atoms with E-state index >= 15 is 0 Å². The predicted molar refractivity (Wildman–Crippen MR) is 94.7 cm³/mol. The number of rotatable bonds is 2. The van der Waals surface area contributed by atoms with Gasteiger partial charge in [0, 0.05) is 30.2 Å². The molecule has 0 aromatic rings. The van der Waals surface area contributed by atoms with Crippen molar-refractivity contribution in [2.24, 2.45) is 40.4 Å². The third-order valence-electron chi connectivity index (χ3n) is 8.85. The lowest BCUT2D eigenvalue weighted by Crippen LogP contribution is -2.61. The molecule has 1 amide bonds. The summed E-state index contributed by atoms with van der Waals surface area (Å²) in [5.74, 6) is 2.73. The lowest BCUT2D eigenvalue weighted by Gasteiger charge is -2.62. The fraction of sp³-hybridized carbons (Fsp3) is 0.857. The first-order chi connectivity index (χ1) is 11.8. The average molecular weight is 345 g/mol. The maximum atomic E-state index is 12.6. The van der Waals surface area contributed by atoms with Gasteiger partial charge in [0.25, 0.3) is 0 Å². The molecule has 0 saturated heterocycles. The summed E-state index contributed by atoms with van der Waals surface area (Å²) in [5, 5.41) is 3.06. The molecule has 0 aliphatic heterocycles. The Labute approximate surface area is 150 Å². The van der Waals surface area contributed by atoms with E-state index in [1.54, 1.807) is 0 Å². The van der Waals surface area contributed by atoms with Crippen LogP contribution in [0.15, 0.2) is 0 Å². The number of carbonyl (C=O) groups is 3. The number of Topliss-reactive ketones (excluding diaryl/α,β-unsaturated/α-hetero) is 2. The Hall–Kier alpha value is -1.19. The van der Waals surface area contributed by atoms with Crippen molar-refractivity contribution in [3.8, 4) is 0 Å². The maximum Gasteiger partial charge on any atom is 0.207 e. The topological polar surface area (TPSA) is 63.2 Å². The number of amides is 1. The molecular formula is C21H31NO3. The molecule has 8 atom stereocenters. The van der Waals surface area contributed by atoms with Crippen LogP contribution in [-0.4, -0.2) is 24.0 Å². The first kappa shape index (κ1) is 17.2. The zero-order valence-electron chi connectivity index (χ0n) is 15.7. The summed E-state index contributed by atoms with van der Waals surface area (Å²) in [6.07, 6.45) is 7.15. The van der Waals surface area contributed by atoms with Gasteiger partial charge < -0.3 is 5.32 Å². The second-order valence-corrected chi connectivity index (χ2v) is 9.81. The molecule has 4 heteroatoms. The monoisotopic (exact) mass is 345 g/mol. The lowest BCUT2D eigenvalue weighted by atomic mass is 9.43. The van der Waals surface area contributed by atoms with Crippen molar-refractivity contribution in [2.45, 2.75) is 71.8 Å². The van der Waals surface area contributed by atoms with Crippen molar-refractivity contribution in [3.63, 3.8) is 0 Å². The average Bonchev–Trinajstić information content (AvgIpc) is 2.86. The van der Waals surface area contributed by atoms with Crippen LogP contribution in [-0.2, 0) is 14.4 Å². The van der Waals surface area contributed by atoms with Crippen LogP contribution in [0.5, 0.6) is 0 Å². The molecule has 4 fully saturated rings. The van der Waals surface area contributed by atoms with E-state index in [1.165, 1.54) is 0 Å². The zero-order valence-corrected chi connectivity index (χ0v) is 15.7. The zero-order chi connectivity index (χ0) is 18.0. The van der Waals surface area contributed by atoms with Crippen LogP contribution in [0.1, 0.15) is 65.7 Å². The Morgan fingerprint density at radius 2 is 1.88 bits per heavy atom. The highest BCUT2D eigenvalue weighted by Crippen LogP contribution is 2.65. The first-order valence-electron chi connectivity index (χ1n) is 10.1. The molecule has 2 unspecified atom stereocenters. The molecule has 1 N–H and O–H groups in total. The summed E-state index contributed by atoms with van der Waals surface area (Å²) in [6.45, 7) is 6.63. The number of hydrogen-bond acceptors (Lipinski definition) is 3. The molecule has 4 saturated carbocycles. The van der Waals surface area contributed by atoms with E-state index in [4.69, 9.17) is 0 Å². The Morgan fingerprint density at radius 1 is 1.12 bits per heavy atom. The SMILES string of the molecule is CC1C[C@@]2(C)C(CC1=O)[C@@H](NC=O)C[C@@H]1[C@@H]2CC[C@]2(C)C(=O)CC[C@@H]12. The van der Waals surface area contributed by atoms with Gasteiger partial charge in [-0.3, -0.25) is 14.4 Å². The predicted octanol–water partition coefficient (Wildman–Crippen LogP) is 3.14. The molecule has 0 spiro atoms. The molecular weight excluding hydrogens is 314 g/mol. The fourth-order valence-electron chi connectivity index (χ4n) is 7.54. The largest absolute Gasteiger partial charge is 0.356 e. The highest BCUT2D eigenvalue weighted by atomic mass is 16.1. The summed E-state index contributed by atoms with van der Waals surface area (Å²) in [5.41, 5.74) is -0.0456. The lowest BCUT2D eigenvalue weighted by molar-refractivity contribution is -0.154. The van der Waals surface area contributed by atoms with Gasteiger partial charge in [-0.15, -0.1) is 0 Å². The van der Waals surface area contributed by atoms with E-state index in [0.717, 1.165) is 44.9 Å². The van der Waals surface area contributed by atoms with Crippen LogP contribution >= 0.6 is 0 Å². The molecule has 0 aromatic heterocycles. The van der Waals surface area contributed by atoms with Gasteiger partial charge in [-0.05, 0) is 61.2 Å². The van der Waals surface area contributed by atoms with E-state index in [0.29, 0.717) is 35.7 Å². The van der Waals surface area contributed by atoms with Gasteiger partial charge in [0.05, 0.1) is 0 Å². The van der Waals surface area contributed by atoms with Crippen molar-refractivity contribution < 1.29 is 14.4 Å². The van der Waals surface area contributed by atoms with E-state index < -0.39 is 0 Å². The molecule has 0 bridgehead atoms. The number of ketones is 2. The van der Waals surface area contributed by atoms with Crippen LogP contribution in [0.4, 0.5) is 0 Å². The Bertz CT molecular complexity index is 616. The van der Waals surface area contributed by atoms with Crippen molar-refractivity contribution in [2.75, 3.05) is 0 Å². The van der Waals surface area contributed by atoms with Gasteiger partial charge in [0.15, 0.2) is 0 Å². The van der Waals surface area contributed by atoms with Crippen LogP contribution in [0, 0.1) is 40.4 Å². The number of fused-ring (bicyclic) bond motifs is 5. The highest BCUT2D eigenvalue weighted by molar-refractivity contribution is 5.87. The van der Waals surface area contributed by atoms with Gasteiger partial charge in [0.2, 0.25) is 6.41 Å². The normalized spacial score (nSPS) is 52.1. The second kappa shape index (κ2) is 5.65. The van der Waals surface area contributed by atoms with Crippen molar-refractivity contribution in [1.29, 1.82) is 0 Å². The molecule has 0 radical (unpaired) electrons. The molecule has 4 rings (SSSR count). The van der Waals surface area contributed by atoms with Crippen LogP contribution < -0.4 is 5.32 Å². The third kappa shape index (κ3) is 2.28. The van der Waals surface area contributed by atoms with Gasteiger partial charge in [0.1, 0.15) is 11.6 Å². The van der Waals surface area contributed by atoms with E-state index in [9.17, 15) is 14.4 Å². The molecule has 4 aliphatic rings. The van der Waals surface area contributed by atoms with Crippen molar-refractivity contribution in [3.05, 3.63) is 0 Å². The Kier molecular flexibility index (Phi) is 3.90. The maximum absolute atomic E-state index is 12.6. The molecule has 4 nitrogen and oxygen atoms in total. The number of carbonyl (C=O) groups excluding carboxylic acids is 3. The van der Waals surface area contributed by atoms with E-state index in [-0.39, 0.29) is 28.7 Å². The standard InChI is InChI=1S/C21H31NO3/c1-12-10-21(3)15-6-7-20(2)14(4-5-19(20)25)13(15)8-17(22-11-23)16(21)9-18(12)24/h11-17H,4-10H2,1-3H3,(H,22,23)/t12?,13-,14-,15-,16?,17-,20-,21+/m0/s1. The minimum Gasteiger partial charge on any atom is -0.356 e. The highest BCUT2D eigenvalue weighted by Gasteiger charge is 2.62. The van der Waals surface area contributed by atoms with Gasteiger partial charge in [-0.25, -0.2) is 0 Å². The molecule has 4 aliphatic carbocycles. The third-order valence-corrected chi connectivity index (χ3v) is 8.85. The molecule has 0 aromatic carbocycles. The summed E-state index contributed by atoms with van der Waals surface area (Å²) >= 11 is 0. The summed E-state index contributed by atoms with van der Waals surface area (Å²) in [7, 11) is 0. The van der Waals surface area contributed by atoms with Gasteiger partial charge >= 0.3 is 0 Å². The number of hydrogen-bond donors (Lipinski definition) is 1. The molecule has 138 valence electrons. The minimum atomic E-state index is -0.147. The van der Waals surface area contributed by atoms with Crippen LogP contribution in [0.3, 0.4) is 0 Å². The first-order valence-corrected chi connectivity index (χ1v) is 10.1. The number of nitrogens with one attached hydrogen (secondary N) is 1. The van der Waals surface area contributed by atoms with Crippen molar-refractivity contribution >= 4 is 18.0 Å².